The van der Waals surface area contributed by atoms with Crippen LogP contribution in [0.15, 0.2) is 48.1 Å². The van der Waals surface area contributed by atoms with Gasteiger partial charge in [-0.2, -0.15) is 0 Å². The van der Waals surface area contributed by atoms with Crippen LogP contribution in [-0.4, -0.2) is 11.2 Å². The average molecular weight is 363 g/mol. The Labute approximate surface area is 164 Å². The van der Waals surface area contributed by atoms with Crippen LogP contribution in [0.4, 0.5) is 0 Å². The zero-order valence-electron chi connectivity index (χ0n) is 17.1. The summed E-state index contributed by atoms with van der Waals surface area (Å²) in [5, 5.41) is 10.2. The third-order valence-corrected chi connectivity index (χ3v) is 9.07. The molecule has 0 radical (unpaired) electrons. The number of aliphatic hydroxyl groups excluding tert-OH is 1. The molecule has 0 amide bonds. The van der Waals surface area contributed by atoms with Gasteiger partial charge in [-0.15, -0.1) is 0 Å². The predicted molar refractivity (Wildman–Crippen MR) is 112 cm³/mol. The van der Waals surface area contributed by atoms with Crippen molar-refractivity contribution in [2.24, 2.45) is 34.5 Å². The number of rotatable bonds is 1. The standard InChI is InChI=1S/C26H34O/c1-17-15-19-16-20(27)11-13-25(19,2)23-12-14-26(3)21(9-10-22(26)24(17)23)18-7-5-4-6-8-18/h4-9,15,17,20,22-24,27H,10-14,16H2,1-3H3/t17?,20?,22-,23+,24-,25-,26+/m0/s1. The average Bonchev–Trinajstić information content (AvgIpc) is 3.01. The normalized spacial score (nSPS) is 46.0. The molecule has 0 heterocycles. The molecule has 0 spiro atoms. The van der Waals surface area contributed by atoms with Gasteiger partial charge in [0.1, 0.15) is 0 Å². The van der Waals surface area contributed by atoms with Gasteiger partial charge in [-0.25, -0.2) is 0 Å². The van der Waals surface area contributed by atoms with Crippen LogP contribution < -0.4 is 0 Å². The Bertz CT molecular complexity index is 790. The molecule has 2 unspecified atom stereocenters. The van der Waals surface area contributed by atoms with Crippen molar-refractivity contribution in [1.29, 1.82) is 0 Å². The Kier molecular flexibility index (Phi) is 3.99. The lowest BCUT2D eigenvalue weighted by Crippen LogP contribution is -2.52. The maximum Gasteiger partial charge on any atom is 0.0577 e. The van der Waals surface area contributed by atoms with Crippen molar-refractivity contribution in [1.82, 2.24) is 0 Å². The number of benzene rings is 1. The van der Waals surface area contributed by atoms with Gasteiger partial charge in [-0.1, -0.05) is 68.8 Å². The molecule has 0 aromatic heterocycles. The third kappa shape index (κ3) is 2.47. The Morgan fingerprint density at radius 1 is 0.963 bits per heavy atom. The van der Waals surface area contributed by atoms with E-state index in [0.29, 0.717) is 16.7 Å². The molecule has 27 heavy (non-hydrogen) atoms. The summed E-state index contributed by atoms with van der Waals surface area (Å²) in [4.78, 5) is 0. The molecule has 1 N–H and O–H groups in total. The van der Waals surface area contributed by atoms with Gasteiger partial charge in [0.25, 0.3) is 0 Å². The van der Waals surface area contributed by atoms with Gasteiger partial charge in [-0.3, -0.25) is 0 Å². The molecule has 2 saturated carbocycles. The molecule has 4 aliphatic carbocycles. The second-order valence-corrected chi connectivity index (χ2v) is 10.3. The molecular formula is C26H34O. The SMILES string of the molecule is CC1C=C2CC(O)CC[C@]2(C)[C@@H]2CC[C@]3(C)C(c4ccccc4)=CC[C@H]3[C@H]12. The third-order valence-electron chi connectivity index (χ3n) is 9.07. The zero-order valence-corrected chi connectivity index (χ0v) is 17.1. The molecule has 1 heteroatoms. The summed E-state index contributed by atoms with van der Waals surface area (Å²) in [6, 6.07) is 11.1. The first-order valence-corrected chi connectivity index (χ1v) is 11.1. The van der Waals surface area contributed by atoms with E-state index < -0.39 is 0 Å². The maximum atomic E-state index is 10.2. The zero-order chi connectivity index (χ0) is 18.8. The summed E-state index contributed by atoms with van der Waals surface area (Å²) in [5.74, 6) is 2.98. The molecule has 7 atom stereocenters. The lowest BCUT2D eigenvalue weighted by atomic mass is 9.45. The minimum atomic E-state index is -0.111. The minimum Gasteiger partial charge on any atom is -0.393 e. The minimum absolute atomic E-state index is 0.111. The molecular weight excluding hydrogens is 328 g/mol. The highest BCUT2D eigenvalue weighted by molar-refractivity contribution is 5.73. The molecule has 5 rings (SSSR count). The van der Waals surface area contributed by atoms with E-state index >= 15 is 0 Å². The second kappa shape index (κ2) is 6.08. The highest BCUT2D eigenvalue weighted by atomic mass is 16.3. The van der Waals surface area contributed by atoms with E-state index in [1.807, 2.05) is 0 Å². The van der Waals surface area contributed by atoms with Crippen LogP contribution in [0.5, 0.6) is 0 Å². The van der Waals surface area contributed by atoms with Crippen molar-refractivity contribution >= 4 is 5.57 Å². The molecule has 1 nitrogen and oxygen atoms in total. The van der Waals surface area contributed by atoms with Gasteiger partial charge in [0, 0.05) is 0 Å². The van der Waals surface area contributed by atoms with Gasteiger partial charge in [0.05, 0.1) is 6.10 Å². The number of fused-ring (bicyclic) bond motifs is 5. The van der Waals surface area contributed by atoms with Crippen LogP contribution in [0.3, 0.4) is 0 Å². The fraction of sp³-hybridized carbons (Fsp3) is 0.615. The van der Waals surface area contributed by atoms with Crippen molar-refractivity contribution < 1.29 is 5.11 Å². The summed E-state index contributed by atoms with van der Waals surface area (Å²) in [6.45, 7) is 7.54. The van der Waals surface area contributed by atoms with Gasteiger partial charge < -0.3 is 5.11 Å². The van der Waals surface area contributed by atoms with E-state index in [1.165, 1.54) is 31.2 Å². The van der Waals surface area contributed by atoms with Crippen molar-refractivity contribution in [2.45, 2.75) is 65.4 Å². The van der Waals surface area contributed by atoms with Crippen LogP contribution in [-0.2, 0) is 0 Å². The highest BCUT2D eigenvalue weighted by Gasteiger charge is 2.58. The summed E-state index contributed by atoms with van der Waals surface area (Å²) in [7, 11) is 0. The quantitative estimate of drug-likeness (QED) is 0.585. The first kappa shape index (κ1) is 17.7. The van der Waals surface area contributed by atoms with Crippen molar-refractivity contribution in [3.05, 3.63) is 53.6 Å². The Balaban J connectivity index is 1.52. The van der Waals surface area contributed by atoms with Crippen LogP contribution in [0.1, 0.15) is 64.9 Å². The van der Waals surface area contributed by atoms with E-state index in [2.05, 4.69) is 63.3 Å². The Morgan fingerprint density at radius 2 is 1.70 bits per heavy atom. The number of allylic oxidation sites excluding steroid dienone is 3. The summed E-state index contributed by atoms with van der Waals surface area (Å²) in [6.07, 6.45) is 12.0. The van der Waals surface area contributed by atoms with E-state index in [1.54, 1.807) is 11.1 Å². The molecule has 0 aliphatic heterocycles. The Morgan fingerprint density at radius 3 is 2.48 bits per heavy atom. The molecule has 144 valence electrons. The number of hydrogen-bond donors (Lipinski definition) is 1. The summed E-state index contributed by atoms with van der Waals surface area (Å²) >= 11 is 0. The van der Waals surface area contributed by atoms with Crippen LogP contribution in [0, 0.1) is 34.5 Å². The largest absolute Gasteiger partial charge is 0.393 e. The number of hydrogen-bond acceptors (Lipinski definition) is 1. The molecule has 1 aromatic rings. The van der Waals surface area contributed by atoms with Crippen molar-refractivity contribution in [2.75, 3.05) is 0 Å². The maximum absolute atomic E-state index is 10.2. The first-order chi connectivity index (χ1) is 12.9. The van der Waals surface area contributed by atoms with Crippen LogP contribution in [0.25, 0.3) is 5.57 Å². The lowest BCUT2D eigenvalue weighted by molar-refractivity contribution is -0.0425. The van der Waals surface area contributed by atoms with Gasteiger partial charge in [-0.05, 0) is 84.2 Å². The molecule has 4 aliphatic rings. The first-order valence-electron chi connectivity index (χ1n) is 11.1. The van der Waals surface area contributed by atoms with Gasteiger partial charge in [0.15, 0.2) is 0 Å². The topological polar surface area (TPSA) is 20.2 Å². The van der Waals surface area contributed by atoms with E-state index in [9.17, 15) is 5.11 Å². The van der Waals surface area contributed by atoms with Gasteiger partial charge >= 0.3 is 0 Å². The van der Waals surface area contributed by atoms with Gasteiger partial charge in [0.2, 0.25) is 0 Å². The van der Waals surface area contributed by atoms with Crippen molar-refractivity contribution in [3.63, 3.8) is 0 Å². The van der Waals surface area contributed by atoms with E-state index in [4.69, 9.17) is 0 Å². The molecule has 1 aromatic carbocycles. The van der Waals surface area contributed by atoms with Crippen LogP contribution in [0.2, 0.25) is 0 Å². The fourth-order valence-electron chi connectivity index (χ4n) is 7.64. The summed E-state index contributed by atoms with van der Waals surface area (Å²) in [5.41, 5.74) is 5.28. The second-order valence-electron chi connectivity index (χ2n) is 10.3. The Hall–Kier alpha value is -1.34. The van der Waals surface area contributed by atoms with Crippen LogP contribution >= 0.6 is 0 Å². The molecule has 0 bridgehead atoms. The monoisotopic (exact) mass is 362 g/mol. The predicted octanol–water partition coefficient (Wildman–Crippen LogP) is 6.25. The van der Waals surface area contributed by atoms with Crippen molar-refractivity contribution in [3.8, 4) is 0 Å². The number of aliphatic hydroxyl groups is 1. The summed E-state index contributed by atoms with van der Waals surface area (Å²) < 4.78 is 0. The molecule has 0 saturated heterocycles. The lowest BCUT2D eigenvalue weighted by Gasteiger charge is -2.59. The fourth-order valence-corrected chi connectivity index (χ4v) is 7.64. The molecule has 2 fully saturated rings. The highest BCUT2D eigenvalue weighted by Crippen LogP contribution is 2.67. The van der Waals surface area contributed by atoms with E-state index in [0.717, 1.165) is 30.6 Å². The smallest absolute Gasteiger partial charge is 0.0577 e. The van der Waals surface area contributed by atoms with E-state index in [-0.39, 0.29) is 6.10 Å².